The molecule has 0 bridgehead atoms. The van der Waals surface area contributed by atoms with E-state index in [2.05, 4.69) is 11.9 Å². The number of rotatable bonds is 1. The first-order chi connectivity index (χ1) is 5.18. The summed E-state index contributed by atoms with van der Waals surface area (Å²) in [5.74, 6) is -0.162. The van der Waals surface area contributed by atoms with E-state index in [1.807, 2.05) is 0 Å². The third-order valence-electron chi connectivity index (χ3n) is 1.91. The minimum atomic E-state index is -0.162. The summed E-state index contributed by atoms with van der Waals surface area (Å²) >= 11 is 0. The lowest BCUT2D eigenvalue weighted by atomic mass is 10.1. The second-order valence-corrected chi connectivity index (χ2v) is 3.14. The first-order valence-electron chi connectivity index (χ1n) is 4.04. The van der Waals surface area contributed by atoms with E-state index in [4.69, 9.17) is 4.74 Å². The Bertz CT molecular complexity index is 147. The van der Waals surface area contributed by atoms with E-state index in [0.717, 1.165) is 25.9 Å². The highest BCUT2D eigenvalue weighted by atomic mass is 16.5. The largest absolute Gasteiger partial charge is 0.461 e. The molecule has 3 heteroatoms. The lowest BCUT2D eigenvalue weighted by Crippen LogP contribution is -2.37. The highest BCUT2D eigenvalue weighted by molar-refractivity contribution is 5.66. The summed E-state index contributed by atoms with van der Waals surface area (Å²) in [6.45, 7) is 3.48. The standard InChI is InChI=1S/C8H15NO2/c1-7(10)11-8-4-3-5-9(2)6-8/h8H,3-6H2,1-2H3/t8-/m0/s1. The topological polar surface area (TPSA) is 29.5 Å². The van der Waals surface area contributed by atoms with Crippen LogP contribution in [0.15, 0.2) is 0 Å². The lowest BCUT2D eigenvalue weighted by Gasteiger charge is -2.28. The third kappa shape index (κ3) is 2.89. The average molecular weight is 157 g/mol. The Morgan fingerprint density at radius 2 is 2.36 bits per heavy atom. The zero-order valence-electron chi connectivity index (χ0n) is 7.17. The summed E-state index contributed by atoms with van der Waals surface area (Å²) in [6.07, 6.45) is 2.28. The highest BCUT2D eigenvalue weighted by Crippen LogP contribution is 2.11. The van der Waals surface area contributed by atoms with E-state index in [1.54, 1.807) is 0 Å². The smallest absolute Gasteiger partial charge is 0.302 e. The Morgan fingerprint density at radius 1 is 1.64 bits per heavy atom. The maximum Gasteiger partial charge on any atom is 0.302 e. The van der Waals surface area contributed by atoms with Crippen molar-refractivity contribution in [1.82, 2.24) is 4.90 Å². The van der Waals surface area contributed by atoms with Crippen LogP contribution in [-0.4, -0.2) is 37.1 Å². The summed E-state index contributed by atoms with van der Waals surface area (Å²) in [5, 5.41) is 0. The number of hydrogen-bond acceptors (Lipinski definition) is 3. The average Bonchev–Trinajstić information content (AvgIpc) is 1.85. The maximum atomic E-state index is 10.6. The van der Waals surface area contributed by atoms with Crippen molar-refractivity contribution in [2.75, 3.05) is 20.1 Å². The molecule has 1 saturated heterocycles. The van der Waals surface area contributed by atoms with Crippen LogP contribution in [0.5, 0.6) is 0 Å². The van der Waals surface area contributed by atoms with Gasteiger partial charge in [-0.25, -0.2) is 0 Å². The van der Waals surface area contributed by atoms with Crippen LogP contribution in [-0.2, 0) is 9.53 Å². The molecule has 1 heterocycles. The molecule has 0 amide bonds. The molecule has 11 heavy (non-hydrogen) atoms. The Morgan fingerprint density at radius 3 is 2.91 bits per heavy atom. The van der Waals surface area contributed by atoms with Crippen molar-refractivity contribution >= 4 is 5.97 Å². The predicted octanol–water partition coefficient (Wildman–Crippen LogP) is 0.644. The van der Waals surface area contributed by atoms with Crippen LogP contribution in [0.25, 0.3) is 0 Å². The monoisotopic (exact) mass is 157 g/mol. The zero-order chi connectivity index (χ0) is 8.27. The van der Waals surface area contributed by atoms with Gasteiger partial charge in [0.1, 0.15) is 6.10 Å². The summed E-state index contributed by atoms with van der Waals surface area (Å²) in [4.78, 5) is 12.8. The van der Waals surface area contributed by atoms with Gasteiger partial charge in [-0.1, -0.05) is 0 Å². The molecular weight excluding hydrogens is 142 g/mol. The molecule has 0 aromatic rings. The zero-order valence-corrected chi connectivity index (χ0v) is 7.17. The molecule has 0 spiro atoms. The van der Waals surface area contributed by atoms with Crippen molar-refractivity contribution < 1.29 is 9.53 Å². The summed E-state index contributed by atoms with van der Waals surface area (Å²) in [7, 11) is 2.05. The van der Waals surface area contributed by atoms with Crippen LogP contribution in [0.1, 0.15) is 19.8 Å². The number of ether oxygens (including phenoxy) is 1. The normalized spacial score (nSPS) is 26.5. The number of likely N-dealkylation sites (N-methyl/N-ethyl adjacent to an activating group) is 1. The Hall–Kier alpha value is -0.570. The molecule has 0 unspecified atom stereocenters. The van der Waals surface area contributed by atoms with E-state index >= 15 is 0 Å². The van der Waals surface area contributed by atoms with Gasteiger partial charge in [0.05, 0.1) is 0 Å². The van der Waals surface area contributed by atoms with Gasteiger partial charge in [-0.15, -0.1) is 0 Å². The van der Waals surface area contributed by atoms with Gasteiger partial charge >= 0.3 is 5.97 Å². The van der Waals surface area contributed by atoms with Gasteiger partial charge in [0.15, 0.2) is 0 Å². The Balaban J connectivity index is 2.28. The fourth-order valence-corrected chi connectivity index (χ4v) is 1.45. The van der Waals surface area contributed by atoms with E-state index in [-0.39, 0.29) is 12.1 Å². The van der Waals surface area contributed by atoms with Gasteiger partial charge in [-0.3, -0.25) is 4.79 Å². The molecule has 0 radical (unpaired) electrons. The first kappa shape index (κ1) is 8.53. The predicted molar refractivity (Wildman–Crippen MR) is 42.3 cm³/mol. The van der Waals surface area contributed by atoms with Crippen molar-refractivity contribution in [3.63, 3.8) is 0 Å². The van der Waals surface area contributed by atoms with Crippen molar-refractivity contribution in [2.24, 2.45) is 0 Å². The van der Waals surface area contributed by atoms with E-state index in [9.17, 15) is 4.79 Å². The molecule has 0 N–H and O–H groups in total. The van der Waals surface area contributed by atoms with Gasteiger partial charge in [0.25, 0.3) is 0 Å². The van der Waals surface area contributed by atoms with Crippen molar-refractivity contribution in [3.8, 4) is 0 Å². The highest BCUT2D eigenvalue weighted by Gasteiger charge is 2.18. The van der Waals surface area contributed by atoms with Crippen LogP contribution in [0.2, 0.25) is 0 Å². The molecule has 1 atom stereocenters. The molecule has 0 aromatic carbocycles. The fourth-order valence-electron chi connectivity index (χ4n) is 1.45. The number of piperidine rings is 1. The van der Waals surface area contributed by atoms with Gasteiger partial charge < -0.3 is 9.64 Å². The molecule has 0 saturated carbocycles. The minimum Gasteiger partial charge on any atom is -0.461 e. The van der Waals surface area contributed by atoms with Gasteiger partial charge in [0, 0.05) is 13.5 Å². The molecule has 0 aliphatic carbocycles. The van der Waals surface area contributed by atoms with Crippen LogP contribution in [0, 0.1) is 0 Å². The Kier molecular flexibility index (Phi) is 2.88. The Labute approximate surface area is 67.3 Å². The molecule has 64 valence electrons. The summed E-state index contributed by atoms with van der Waals surface area (Å²) < 4.78 is 5.08. The van der Waals surface area contributed by atoms with Crippen LogP contribution >= 0.6 is 0 Å². The van der Waals surface area contributed by atoms with E-state index in [0.29, 0.717) is 0 Å². The van der Waals surface area contributed by atoms with Crippen molar-refractivity contribution in [3.05, 3.63) is 0 Å². The van der Waals surface area contributed by atoms with E-state index in [1.165, 1.54) is 6.92 Å². The van der Waals surface area contributed by atoms with Crippen molar-refractivity contribution in [1.29, 1.82) is 0 Å². The molecule has 1 aliphatic rings. The molecule has 0 aromatic heterocycles. The molecular formula is C8H15NO2. The fraction of sp³-hybridized carbons (Fsp3) is 0.875. The van der Waals surface area contributed by atoms with Gasteiger partial charge in [-0.2, -0.15) is 0 Å². The lowest BCUT2D eigenvalue weighted by molar-refractivity contribution is -0.148. The van der Waals surface area contributed by atoms with Crippen LogP contribution < -0.4 is 0 Å². The second kappa shape index (κ2) is 3.72. The SMILES string of the molecule is CC(=O)O[C@H]1CCCN(C)C1. The van der Waals surface area contributed by atoms with Crippen LogP contribution in [0.3, 0.4) is 0 Å². The molecule has 1 fully saturated rings. The quantitative estimate of drug-likeness (QED) is 0.523. The van der Waals surface area contributed by atoms with Gasteiger partial charge in [0.2, 0.25) is 0 Å². The maximum absolute atomic E-state index is 10.6. The molecule has 1 rings (SSSR count). The summed E-state index contributed by atoms with van der Waals surface area (Å²) in [5.41, 5.74) is 0. The number of nitrogens with zero attached hydrogens (tertiary/aromatic N) is 1. The molecule has 1 aliphatic heterocycles. The van der Waals surface area contributed by atoms with Crippen LogP contribution in [0.4, 0.5) is 0 Å². The molecule has 3 nitrogen and oxygen atoms in total. The summed E-state index contributed by atoms with van der Waals surface area (Å²) in [6, 6.07) is 0. The first-order valence-corrected chi connectivity index (χ1v) is 4.04. The second-order valence-electron chi connectivity index (χ2n) is 3.14. The minimum absolute atomic E-state index is 0.131. The van der Waals surface area contributed by atoms with Gasteiger partial charge in [-0.05, 0) is 26.4 Å². The number of likely N-dealkylation sites (tertiary alicyclic amines) is 1. The third-order valence-corrected chi connectivity index (χ3v) is 1.91. The number of carbonyl (C=O) groups is 1. The van der Waals surface area contributed by atoms with Crippen molar-refractivity contribution in [2.45, 2.75) is 25.9 Å². The number of hydrogen-bond donors (Lipinski definition) is 0. The number of carbonyl (C=O) groups excluding carboxylic acids is 1. The van der Waals surface area contributed by atoms with E-state index < -0.39 is 0 Å². The number of esters is 1.